The molecule has 1 saturated heterocycles. The summed E-state index contributed by atoms with van der Waals surface area (Å²) in [7, 11) is 0. The van der Waals surface area contributed by atoms with Crippen molar-refractivity contribution in [2.75, 3.05) is 13.1 Å². The first-order chi connectivity index (χ1) is 9.33. The molecule has 102 valence electrons. The molecule has 1 unspecified atom stereocenters. The van der Waals surface area contributed by atoms with Gasteiger partial charge < -0.3 is 10.7 Å². The number of para-hydroxylation sites is 1. The molecule has 0 saturated carbocycles. The van der Waals surface area contributed by atoms with Crippen molar-refractivity contribution < 1.29 is 0 Å². The van der Waals surface area contributed by atoms with Crippen LogP contribution >= 0.6 is 0 Å². The number of nitrogens with two attached hydrogens (primary N) is 1. The molecule has 2 heterocycles. The van der Waals surface area contributed by atoms with Crippen LogP contribution in [0.2, 0.25) is 0 Å². The molecule has 1 aliphatic rings. The smallest absolute Gasteiger partial charge is 0.0489 e. The van der Waals surface area contributed by atoms with Crippen LogP contribution < -0.4 is 5.73 Å². The van der Waals surface area contributed by atoms with Gasteiger partial charge in [0.2, 0.25) is 0 Å². The zero-order valence-corrected chi connectivity index (χ0v) is 11.7. The van der Waals surface area contributed by atoms with Crippen molar-refractivity contribution in [3.63, 3.8) is 0 Å². The lowest BCUT2D eigenvalue weighted by atomic mass is 10.1. The summed E-state index contributed by atoms with van der Waals surface area (Å²) in [4.78, 5) is 5.99. The first kappa shape index (κ1) is 12.7. The number of benzene rings is 1. The van der Waals surface area contributed by atoms with E-state index in [1.54, 1.807) is 0 Å². The lowest BCUT2D eigenvalue weighted by Crippen LogP contribution is -2.34. The summed E-state index contributed by atoms with van der Waals surface area (Å²) in [6.45, 7) is 5.19. The number of likely N-dealkylation sites (tertiary alicyclic amines) is 1. The summed E-state index contributed by atoms with van der Waals surface area (Å²) >= 11 is 0. The molecule has 1 aliphatic heterocycles. The van der Waals surface area contributed by atoms with E-state index in [0.29, 0.717) is 6.04 Å². The molecule has 3 heteroatoms. The SMILES string of the molecule is CCc1cccc2c(CN3CCCC3CN)c[nH]c12. The van der Waals surface area contributed by atoms with Crippen LogP contribution in [0.3, 0.4) is 0 Å². The fourth-order valence-corrected chi connectivity index (χ4v) is 3.29. The van der Waals surface area contributed by atoms with Crippen molar-refractivity contribution in [2.45, 2.75) is 38.8 Å². The van der Waals surface area contributed by atoms with Gasteiger partial charge in [-0.1, -0.05) is 25.1 Å². The summed E-state index contributed by atoms with van der Waals surface area (Å²) in [5, 5.41) is 1.38. The number of H-pyrrole nitrogens is 1. The molecule has 0 radical (unpaired) electrons. The van der Waals surface area contributed by atoms with Crippen LogP contribution in [-0.2, 0) is 13.0 Å². The highest BCUT2D eigenvalue weighted by atomic mass is 15.2. The summed E-state index contributed by atoms with van der Waals surface area (Å²) in [5.41, 5.74) is 9.98. The van der Waals surface area contributed by atoms with Gasteiger partial charge in [0.1, 0.15) is 0 Å². The molecule has 3 N–H and O–H groups in total. The highest BCUT2D eigenvalue weighted by Crippen LogP contribution is 2.26. The number of hydrogen-bond donors (Lipinski definition) is 2. The number of nitrogens with one attached hydrogen (secondary N) is 1. The second-order valence-corrected chi connectivity index (χ2v) is 5.51. The second-order valence-electron chi connectivity index (χ2n) is 5.51. The van der Waals surface area contributed by atoms with Crippen LogP contribution in [-0.4, -0.2) is 29.0 Å². The Kier molecular flexibility index (Phi) is 3.58. The van der Waals surface area contributed by atoms with Crippen LogP contribution in [0, 0.1) is 0 Å². The Labute approximate surface area is 114 Å². The third-order valence-corrected chi connectivity index (χ3v) is 4.41. The predicted molar refractivity (Wildman–Crippen MR) is 80.2 cm³/mol. The maximum absolute atomic E-state index is 5.86. The summed E-state index contributed by atoms with van der Waals surface area (Å²) in [6, 6.07) is 7.18. The molecular formula is C16H23N3. The van der Waals surface area contributed by atoms with Crippen molar-refractivity contribution in [1.29, 1.82) is 0 Å². The molecule has 1 atom stereocenters. The van der Waals surface area contributed by atoms with Crippen molar-refractivity contribution in [3.8, 4) is 0 Å². The maximum Gasteiger partial charge on any atom is 0.0489 e. The average Bonchev–Trinajstić information content (AvgIpc) is 3.06. The van der Waals surface area contributed by atoms with E-state index in [9.17, 15) is 0 Å². The number of aryl methyl sites for hydroxylation is 1. The van der Waals surface area contributed by atoms with Crippen LogP contribution in [0.4, 0.5) is 0 Å². The van der Waals surface area contributed by atoms with Crippen LogP contribution in [0.15, 0.2) is 24.4 Å². The summed E-state index contributed by atoms with van der Waals surface area (Å²) in [6.07, 6.45) is 5.78. The predicted octanol–water partition coefficient (Wildman–Crippen LogP) is 2.65. The summed E-state index contributed by atoms with van der Waals surface area (Å²) < 4.78 is 0. The number of fused-ring (bicyclic) bond motifs is 1. The Morgan fingerprint density at radius 1 is 1.37 bits per heavy atom. The van der Waals surface area contributed by atoms with Gasteiger partial charge in [-0.2, -0.15) is 0 Å². The molecule has 1 fully saturated rings. The Morgan fingerprint density at radius 3 is 3.05 bits per heavy atom. The zero-order chi connectivity index (χ0) is 13.2. The fourth-order valence-electron chi connectivity index (χ4n) is 3.29. The Hall–Kier alpha value is -1.32. The van der Waals surface area contributed by atoms with Crippen molar-refractivity contribution in [1.82, 2.24) is 9.88 Å². The molecule has 2 aromatic rings. The molecule has 1 aromatic heterocycles. The molecule has 0 spiro atoms. The molecule has 0 aliphatic carbocycles. The maximum atomic E-state index is 5.86. The molecule has 3 nitrogen and oxygen atoms in total. The highest BCUT2D eigenvalue weighted by Gasteiger charge is 2.23. The van der Waals surface area contributed by atoms with E-state index in [4.69, 9.17) is 5.73 Å². The minimum atomic E-state index is 0.569. The Balaban J connectivity index is 1.89. The summed E-state index contributed by atoms with van der Waals surface area (Å²) in [5.74, 6) is 0. The van der Waals surface area contributed by atoms with Gasteiger partial charge in [0.15, 0.2) is 0 Å². The number of hydrogen-bond acceptors (Lipinski definition) is 2. The number of nitrogens with zero attached hydrogens (tertiary/aromatic N) is 1. The van der Waals surface area contributed by atoms with Gasteiger partial charge >= 0.3 is 0 Å². The first-order valence-electron chi connectivity index (χ1n) is 7.35. The molecule has 0 amide bonds. The van der Waals surface area contributed by atoms with E-state index in [2.05, 4.69) is 41.2 Å². The van der Waals surface area contributed by atoms with E-state index < -0.39 is 0 Å². The number of aromatic nitrogens is 1. The monoisotopic (exact) mass is 257 g/mol. The highest BCUT2D eigenvalue weighted by molar-refractivity contribution is 5.86. The molecule has 3 rings (SSSR count). The lowest BCUT2D eigenvalue weighted by molar-refractivity contribution is 0.251. The quantitative estimate of drug-likeness (QED) is 0.884. The number of aromatic amines is 1. The van der Waals surface area contributed by atoms with Crippen LogP contribution in [0.25, 0.3) is 10.9 Å². The molecule has 1 aromatic carbocycles. The van der Waals surface area contributed by atoms with E-state index in [1.807, 2.05) is 0 Å². The van der Waals surface area contributed by atoms with Crippen LogP contribution in [0.5, 0.6) is 0 Å². The largest absolute Gasteiger partial charge is 0.361 e. The zero-order valence-electron chi connectivity index (χ0n) is 11.7. The van der Waals surface area contributed by atoms with Gasteiger partial charge in [-0.05, 0) is 36.9 Å². The van der Waals surface area contributed by atoms with E-state index in [1.165, 1.54) is 41.4 Å². The number of rotatable bonds is 4. The Bertz CT molecular complexity index is 558. The van der Waals surface area contributed by atoms with E-state index in [0.717, 1.165) is 19.5 Å². The second kappa shape index (κ2) is 5.35. The third-order valence-electron chi connectivity index (χ3n) is 4.41. The minimum Gasteiger partial charge on any atom is -0.361 e. The molecule has 0 bridgehead atoms. The van der Waals surface area contributed by atoms with Gasteiger partial charge in [-0.15, -0.1) is 0 Å². The van der Waals surface area contributed by atoms with Gasteiger partial charge in [0.25, 0.3) is 0 Å². The molecular weight excluding hydrogens is 234 g/mol. The molecule has 19 heavy (non-hydrogen) atoms. The first-order valence-corrected chi connectivity index (χ1v) is 7.35. The minimum absolute atomic E-state index is 0.569. The van der Waals surface area contributed by atoms with Crippen molar-refractivity contribution >= 4 is 10.9 Å². The lowest BCUT2D eigenvalue weighted by Gasteiger charge is -2.22. The van der Waals surface area contributed by atoms with E-state index >= 15 is 0 Å². The third kappa shape index (κ3) is 2.28. The van der Waals surface area contributed by atoms with Crippen molar-refractivity contribution in [2.24, 2.45) is 5.73 Å². The topological polar surface area (TPSA) is 45.0 Å². The van der Waals surface area contributed by atoms with Crippen LogP contribution in [0.1, 0.15) is 30.9 Å². The van der Waals surface area contributed by atoms with Gasteiger partial charge in [0, 0.05) is 36.2 Å². The standard InChI is InChI=1S/C16H23N3/c1-2-12-5-3-7-15-13(10-18-16(12)15)11-19-8-4-6-14(19)9-17/h3,5,7,10,14,18H,2,4,6,8-9,11,17H2,1H3. The van der Waals surface area contributed by atoms with Crippen molar-refractivity contribution in [3.05, 3.63) is 35.5 Å². The normalized spacial score (nSPS) is 20.4. The van der Waals surface area contributed by atoms with Gasteiger partial charge in [-0.3, -0.25) is 4.90 Å². The average molecular weight is 257 g/mol. The van der Waals surface area contributed by atoms with Gasteiger partial charge in [-0.25, -0.2) is 0 Å². The fraction of sp³-hybridized carbons (Fsp3) is 0.500. The van der Waals surface area contributed by atoms with E-state index in [-0.39, 0.29) is 0 Å². The Morgan fingerprint density at radius 2 is 2.26 bits per heavy atom. The van der Waals surface area contributed by atoms with Gasteiger partial charge in [0.05, 0.1) is 0 Å².